The van der Waals surface area contributed by atoms with Crippen molar-refractivity contribution in [1.82, 2.24) is 0 Å². The molecule has 2 rings (SSSR count). The van der Waals surface area contributed by atoms with Gasteiger partial charge in [0.1, 0.15) is 4.21 Å². The summed E-state index contributed by atoms with van der Waals surface area (Å²) in [4.78, 5) is 0.836. The van der Waals surface area contributed by atoms with Crippen molar-refractivity contribution in [3.8, 4) is 0 Å². The van der Waals surface area contributed by atoms with Gasteiger partial charge in [-0.2, -0.15) is 0 Å². The summed E-state index contributed by atoms with van der Waals surface area (Å²) in [7, 11) is -3.54. The van der Waals surface area contributed by atoms with Gasteiger partial charge in [0.15, 0.2) is 0 Å². The first-order valence-corrected chi connectivity index (χ1v) is 8.18. The SMILES string of the molecule is NCc1ccc(S(=O)(=O)Nc2ccccc2Br)s1. The van der Waals surface area contributed by atoms with Gasteiger partial charge in [-0.1, -0.05) is 12.1 Å². The number of sulfonamides is 1. The first-order chi connectivity index (χ1) is 8.53. The van der Waals surface area contributed by atoms with Gasteiger partial charge >= 0.3 is 0 Å². The molecule has 0 aliphatic rings. The molecule has 0 amide bonds. The summed E-state index contributed by atoms with van der Waals surface area (Å²) in [6.45, 7) is 0.342. The van der Waals surface area contributed by atoms with Gasteiger partial charge in [-0.25, -0.2) is 8.42 Å². The molecule has 2 aromatic rings. The minimum atomic E-state index is -3.54. The highest BCUT2D eigenvalue weighted by Crippen LogP contribution is 2.27. The molecule has 0 aliphatic carbocycles. The average molecular weight is 347 g/mol. The van der Waals surface area contributed by atoms with Crippen LogP contribution < -0.4 is 10.5 Å². The lowest BCUT2D eigenvalue weighted by atomic mass is 10.3. The van der Waals surface area contributed by atoms with E-state index in [2.05, 4.69) is 20.7 Å². The van der Waals surface area contributed by atoms with Crippen molar-refractivity contribution in [3.63, 3.8) is 0 Å². The first-order valence-electron chi connectivity index (χ1n) is 5.09. The van der Waals surface area contributed by atoms with Gasteiger partial charge in [-0.15, -0.1) is 11.3 Å². The number of rotatable bonds is 4. The Morgan fingerprint density at radius 1 is 1.22 bits per heavy atom. The predicted octanol–water partition coefficient (Wildman–Crippen LogP) is 2.77. The summed E-state index contributed by atoms with van der Waals surface area (Å²) < 4.78 is 27.7. The summed E-state index contributed by atoms with van der Waals surface area (Å²) in [6.07, 6.45) is 0. The summed E-state index contributed by atoms with van der Waals surface area (Å²) in [5.74, 6) is 0. The van der Waals surface area contributed by atoms with Crippen LogP contribution in [0.1, 0.15) is 4.88 Å². The molecule has 1 aromatic carbocycles. The molecule has 4 nitrogen and oxygen atoms in total. The maximum Gasteiger partial charge on any atom is 0.271 e. The van der Waals surface area contributed by atoms with E-state index in [1.807, 2.05) is 6.07 Å². The summed E-state index contributed by atoms with van der Waals surface area (Å²) >= 11 is 4.47. The third-order valence-corrected chi connectivity index (χ3v) is 5.88. The summed E-state index contributed by atoms with van der Waals surface area (Å²) in [5.41, 5.74) is 5.98. The van der Waals surface area contributed by atoms with Gasteiger partial charge in [0.25, 0.3) is 10.0 Å². The first kappa shape index (κ1) is 13.5. The van der Waals surface area contributed by atoms with Crippen molar-refractivity contribution in [3.05, 3.63) is 45.7 Å². The van der Waals surface area contributed by atoms with Gasteiger partial charge in [0.2, 0.25) is 0 Å². The molecule has 0 unspecified atom stereocenters. The molecule has 96 valence electrons. The molecule has 3 N–H and O–H groups in total. The molecule has 0 saturated carbocycles. The van der Waals surface area contributed by atoms with E-state index >= 15 is 0 Å². The minimum absolute atomic E-state index is 0.263. The lowest BCUT2D eigenvalue weighted by Gasteiger charge is -2.07. The molecule has 7 heteroatoms. The molecule has 1 aromatic heterocycles. The lowest BCUT2D eigenvalue weighted by molar-refractivity contribution is 0.603. The van der Waals surface area contributed by atoms with Crippen molar-refractivity contribution in [1.29, 1.82) is 0 Å². The van der Waals surface area contributed by atoms with Crippen LogP contribution >= 0.6 is 27.3 Å². The lowest BCUT2D eigenvalue weighted by Crippen LogP contribution is -2.11. The number of anilines is 1. The van der Waals surface area contributed by atoms with Crippen LogP contribution in [0.5, 0.6) is 0 Å². The number of hydrogen-bond donors (Lipinski definition) is 2. The van der Waals surface area contributed by atoms with E-state index in [1.54, 1.807) is 30.3 Å². The van der Waals surface area contributed by atoms with Crippen LogP contribution in [-0.4, -0.2) is 8.42 Å². The summed E-state index contributed by atoms with van der Waals surface area (Å²) in [6, 6.07) is 10.3. The van der Waals surface area contributed by atoms with Crippen LogP contribution in [0.15, 0.2) is 45.1 Å². The summed E-state index contributed by atoms with van der Waals surface area (Å²) in [5, 5.41) is 0. The smallest absolute Gasteiger partial charge is 0.271 e. The Morgan fingerprint density at radius 2 is 1.94 bits per heavy atom. The maximum atomic E-state index is 12.1. The van der Waals surface area contributed by atoms with E-state index in [0.29, 0.717) is 16.7 Å². The monoisotopic (exact) mass is 346 g/mol. The number of para-hydroxylation sites is 1. The number of benzene rings is 1. The third-order valence-electron chi connectivity index (χ3n) is 2.22. The number of nitrogens with one attached hydrogen (secondary N) is 1. The Balaban J connectivity index is 2.30. The van der Waals surface area contributed by atoms with Gasteiger partial charge < -0.3 is 5.73 Å². The highest BCUT2D eigenvalue weighted by molar-refractivity contribution is 9.10. The molecule has 0 radical (unpaired) electrons. The molecular formula is C11H11BrN2O2S2. The number of nitrogens with two attached hydrogens (primary N) is 1. The van der Waals surface area contributed by atoms with Crippen LogP contribution in [-0.2, 0) is 16.6 Å². The third kappa shape index (κ3) is 2.92. The molecule has 0 atom stereocenters. The Labute approximate surface area is 118 Å². The standard InChI is InChI=1S/C11H11BrN2O2S2/c12-9-3-1-2-4-10(9)14-18(15,16)11-6-5-8(7-13)17-11/h1-6,14H,7,13H2. The zero-order valence-electron chi connectivity index (χ0n) is 9.26. The van der Waals surface area contributed by atoms with Crippen LogP contribution in [0.25, 0.3) is 0 Å². The minimum Gasteiger partial charge on any atom is -0.326 e. The second-order valence-electron chi connectivity index (χ2n) is 3.51. The van der Waals surface area contributed by atoms with E-state index < -0.39 is 10.0 Å². The number of halogens is 1. The zero-order chi connectivity index (χ0) is 13.2. The fourth-order valence-corrected chi connectivity index (χ4v) is 4.18. The second kappa shape index (κ2) is 5.40. The molecule has 18 heavy (non-hydrogen) atoms. The van der Waals surface area contributed by atoms with E-state index in [-0.39, 0.29) is 4.21 Å². The van der Waals surface area contributed by atoms with Crippen LogP contribution in [0.2, 0.25) is 0 Å². The molecule has 0 spiro atoms. The molecule has 0 saturated heterocycles. The van der Waals surface area contributed by atoms with Gasteiger partial charge in [-0.05, 0) is 40.2 Å². The molecule has 0 aliphatic heterocycles. The van der Waals surface area contributed by atoms with Crippen molar-refractivity contribution in [2.24, 2.45) is 5.73 Å². The topological polar surface area (TPSA) is 72.2 Å². The highest BCUT2D eigenvalue weighted by Gasteiger charge is 2.17. The highest BCUT2D eigenvalue weighted by atomic mass is 79.9. The van der Waals surface area contributed by atoms with Crippen LogP contribution in [0.3, 0.4) is 0 Å². The maximum absolute atomic E-state index is 12.1. The molecule has 0 bridgehead atoms. The fourth-order valence-electron chi connectivity index (χ4n) is 1.35. The predicted molar refractivity (Wildman–Crippen MR) is 77.2 cm³/mol. The van der Waals surface area contributed by atoms with Crippen LogP contribution in [0.4, 0.5) is 5.69 Å². The van der Waals surface area contributed by atoms with E-state index in [0.717, 1.165) is 4.88 Å². The van der Waals surface area contributed by atoms with Crippen molar-refractivity contribution in [2.75, 3.05) is 4.72 Å². The van der Waals surface area contributed by atoms with E-state index in [9.17, 15) is 8.42 Å². The van der Waals surface area contributed by atoms with Gasteiger partial charge in [0.05, 0.1) is 5.69 Å². The van der Waals surface area contributed by atoms with Crippen molar-refractivity contribution < 1.29 is 8.42 Å². The van der Waals surface area contributed by atoms with E-state index in [4.69, 9.17) is 5.73 Å². The van der Waals surface area contributed by atoms with E-state index in [1.165, 1.54) is 11.3 Å². The quantitative estimate of drug-likeness (QED) is 0.893. The normalized spacial score (nSPS) is 11.4. The van der Waals surface area contributed by atoms with Gasteiger partial charge in [-0.3, -0.25) is 4.72 Å². The van der Waals surface area contributed by atoms with Crippen molar-refractivity contribution in [2.45, 2.75) is 10.8 Å². The second-order valence-corrected chi connectivity index (χ2v) is 7.44. The van der Waals surface area contributed by atoms with Crippen molar-refractivity contribution >= 4 is 43.0 Å². The Morgan fingerprint density at radius 3 is 2.56 bits per heavy atom. The Kier molecular flexibility index (Phi) is 4.06. The molecular weight excluding hydrogens is 336 g/mol. The Hall–Kier alpha value is -0.890. The molecule has 1 heterocycles. The fraction of sp³-hybridized carbons (Fsp3) is 0.0909. The average Bonchev–Trinajstić information content (AvgIpc) is 2.81. The van der Waals surface area contributed by atoms with Crippen LogP contribution in [0, 0.1) is 0 Å². The number of thiophene rings is 1. The molecule has 0 fully saturated rings. The zero-order valence-corrected chi connectivity index (χ0v) is 12.5. The largest absolute Gasteiger partial charge is 0.326 e. The number of hydrogen-bond acceptors (Lipinski definition) is 4. The van der Waals surface area contributed by atoms with Gasteiger partial charge in [0, 0.05) is 15.9 Å². The Bertz CT molecular complexity index is 653.